The van der Waals surface area contributed by atoms with E-state index in [0.29, 0.717) is 25.6 Å². The third-order valence-corrected chi connectivity index (χ3v) is 5.13. The Balaban J connectivity index is 1.47. The number of amides is 2. The summed E-state index contributed by atoms with van der Waals surface area (Å²) < 4.78 is 2.02. The van der Waals surface area contributed by atoms with Crippen molar-refractivity contribution in [2.75, 3.05) is 13.6 Å². The van der Waals surface area contributed by atoms with E-state index < -0.39 is 0 Å². The lowest BCUT2D eigenvalue weighted by atomic mass is 10.1. The molecule has 1 saturated carbocycles. The minimum Gasteiger partial charge on any atom is -0.339 e. The summed E-state index contributed by atoms with van der Waals surface area (Å²) in [6, 6.07) is 8.34. The second-order valence-corrected chi connectivity index (χ2v) is 6.95. The molecule has 1 aliphatic heterocycles. The standard InChI is InChI=1S/C18H22N4O2/c1-20(11-16-19-14-5-3-4-6-15(14)21(16)2)18(24)12-9-17(23)22(10-12)13-7-8-13/h3-6,12-13H,7-11H2,1-2H3. The van der Waals surface area contributed by atoms with E-state index in [4.69, 9.17) is 0 Å². The molecule has 0 bridgehead atoms. The SMILES string of the molecule is CN(Cc1nc2ccccc2n1C)C(=O)C1CC(=O)N(C2CC2)C1. The average Bonchev–Trinajstić information content (AvgIpc) is 3.28. The molecular weight excluding hydrogens is 304 g/mol. The van der Waals surface area contributed by atoms with Crippen molar-refractivity contribution in [3.05, 3.63) is 30.1 Å². The second kappa shape index (κ2) is 5.61. The Kier molecular flexibility index (Phi) is 3.55. The molecule has 2 heterocycles. The quantitative estimate of drug-likeness (QED) is 0.856. The van der Waals surface area contributed by atoms with Crippen molar-refractivity contribution >= 4 is 22.8 Å². The first-order chi connectivity index (χ1) is 11.5. The number of aromatic nitrogens is 2. The van der Waals surface area contributed by atoms with E-state index in [2.05, 4.69) is 4.98 Å². The fourth-order valence-corrected chi connectivity index (χ4v) is 3.57. The van der Waals surface area contributed by atoms with E-state index in [1.807, 2.05) is 40.8 Å². The van der Waals surface area contributed by atoms with Gasteiger partial charge in [0.15, 0.2) is 0 Å². The molecule has 1 saturated heterocycles. The molecule has 2 amide bonds. The van der Waals surface area contributed by atoms with E-state index in [1.165, 1.54) is 0 Å². The number of hydrogen-bond donors (Lipinski definition) is 0. The van der Waals surface area contributed by atoms with Crippen LogP contribution in [0.2, 0.25) is 0 Å². The van der Waals surface area contributed by atoms with Gasteiger partial charge in [-0.2, -0.15) is 0 Å². The topological polar surface area (TPSA) is 58.4 Å². The number of rotatable bonds is 4. The van der Waals surface area contributed by atoms with E-state index in [1.54, 1.807) is 11.9 Å². The van der Waals surface area contributed by atoms with Gasteiger partial charge in [-0.1, -0.05) is 12.1 Å². The number of nitrogens with zero attached hydrogens (tertiary/aromatic N) is 4. The highest BCUT2D eigenvalue weighted by Gasteiger charge is 2.42. The van der Waals surface area contributed by atoms with Crippen LogP contribution in [0, 0.1) is 5.92 Å². The molecule has 2 aliphatic rings. The minimum absolute atomic E-state index is 0.0403. The van der Waals surface area contributed by atoms with Gasteiger partial charge in [0.05, 0.1) is 23.5 Å². The summed E-state index contributed by atoms with van der Waals surface area (Å²) >= 11 is 0. The van der Waals surface area contributed by atoms with Gasteiger partial charge in [0.2, 0.25) is 11.8 Å². The maximum atomic E-state index is 12.7. The van der Waals surface area contributed by atoms with Gasteiger partial charge in [0.1, 0.15) is 5.82 Å². The number of para-hydroxylation sites is 2. The monoisotopic (exact) mass is 326 g/mol. The molecule has 1 atom stereocenters. The predicted molar refractivity (Wildman–Crippen MR) is 90.0 cm³/mol. The number of likely N-dealkylation sites (tertiary alicyclic amines) is 1. The number of aryl methyl sites for hydroxylation is 1. The molecule has 6 heteroatoms. The molecule has 2 fully saturated rings. The highest BCUT2D eigenvalue weighted by Crippen LogP contribution is 2.33. The first-order valence-electron chi connectivity index (χ1n) is 8.49. The Bertz CT molecular complexity index is 808. The van der Waals surface area contributed by atoms with Crippen molar-refractivity contribution in [3.8, 4) is 0 Å². The van der Waals surface area contributed by atoms with Crippen LogP contribution in [0.25, 0.3) is 11.0 Å². The number of fused-ring (bicyclic) bond motifs is 1. The Morgan fingerprint density at radius 3 is 2.79 bits per heavy atom. The van der Waals surface area contributed by atoms with Crippen molar-refractivity contribution < 1.29 is 9.59 Å². The van der Waals surface area contributed by atoms with E-state index >= 15 is 0 Å². The van der Waals surface area contributed by atoms with Crippen molar-refractivity contribution in [1.29, 1.82) is 0 Å². The number of imidazole rings is 1. The molecule has 6 nitrogen and oxygen atoms in total. The zero-order chi connectivity index (χ0) is 16.8. The second-order valence-electron chi connectivity index (χ2n) is 6.95. The lowest BCUT2D eigenvalue weighted by molar-refractivity contribution is -0.135. The van der Waals surface area contributed by atoms with Gasteiger partial charge in [-0.05, 0) is 25.0 Å². The highest BCUT2D eigenvalue weighted by molar-refractivity contribution is 5.89. The third kappa shape index (κ3) is 2.56. The molecule has 1 aromatic heterocycles. The predicted octanol–water partition coefficient (Wildman–Crippen LogP) is 1.54. The van der Waals surface area contributed by atoms with E-state index in [9.17, 15) is 9.59 Å². The zero-order valence-corrected chi connectivity index (χ0v) is 14.1. The van der Waals surface area contributed by atoms with Crippen LogP contribution in [-0.4, -0.2) is 50.8 Å². The number of carbonyl (C=O) groups excluding carboxylic acids is 2. The minimum atomic E-state index is -0.210. The molecule has 1 unspecified atom stereocenters. The molecule has 4 rings (SSSR count). The zero-order valence-electron chi connectivity index (χ0n) is 14.1. The first kappa shape index (κ1) is 15.2. The smallest absolute Gasteiger partial charge is 0.228 e. The van der Waals surface area contributed by atoms with Gasteiger partial charge in [0, 0.05) is 33.1 Å². The number of carbonyl (C=O) groups is 2. The van der Waals surface area contributed by atoms with Crippen LogP contribution >= 0.6 is 0 Å². The van der Waals surface area contributed by atoms with Gasteiger partial charge in [-0.25, -0.2) is 4.98 Å². The van der Waals surface area contributed by atoms with Crippen LogP contribution < -0.4 is 0 Å². The molecule has 0 N–H and O–H groups in total. The van der Waals surface area contributed by atoms with Gasteiger partial charge in [0.25, 0.3) is 0 Å². The Labute approximate surface area is 141 Å². The third-order valence-electron chi connectivity index (χ3n) is 5.13. The van der Waals surface area contributed by atoms with Gasteiger partial charge in [-0.3, -0.25) is 9.59 Å². The summed E-state index contributed by atoms with van der Waals surface area (Å²) in [5.41, 5.74) is 2.00. The normalized spacial score (nSPS) is 20.8. The first-order valence-corrected chi connectivity index (χ1v) is 8.49. The Hall–Kier alpha value is -2.37. The van der Waals surface area contributed by atoms with Gasteiger partial charge >= 0.3 is 0 Å². The summed E-state index contributed by atoms with van der Waals surface area (Å²) in [6.45, 7) is 1.04. The lowest BCUT2D eigenvalue weighted by Gasteiger charge is -2.21. The van der Waals surface area contributed by atoms with Gasteiger partial charge in [-0.15, -0.1) is 0 Å². The fraction of sp³-hybridized carbons (Fsp3) is 0.500. The maximum absolute atomic E-state index is 12.7. The molecular formula is C18H22N4O2. The molecule has 126 valence electrons. The van der Waals surface area contributed by atoms with Crippen LogP contribution in [0.1, 0.15) is 25.1 Å². The van der Waals surface area contributed by atoms with Crippen molar-refractivity contribution in [2.45, 2.75) is 31.8 Å². The Morgan fingerprint density at radius 1 is 1.33 bits per heavy atom. The van der Waals surface area contributed by atoms with Crippen molar-refractivity contribution in [3.63, 3.8) is 0 Å². The molecule has 2 aromatic rings. The van der Waals surface area contributed by atoms with Crippen LogP contribution in [-0.2, 0) is 23.2 Å². The van der Waals surface area contributed by atoms with E-state index in [0.717, 1.165) is 29.7 Å². The summed E-state index contributed by atoms with van der Waals surface area (Å²) in [7, 11) is 3.77. The summed E-state index contributed by atoms with van der Waals surface area (Å²) in [5, 5.41) is 0. The lowest BCUT2D eigenvalue weighted by Crippen LogP contribution is -2.35. The van der Waals surface area contributed by atoms with Crippen molar-refractivity contribution in [2.24, 2.45) is 13.0 Å². The molecule has 24 heavy (non-hydrogen) atoms. The summed E-state index contributed by atoms with van der Waals surface area (Å²) in [4.78, 5) is 33.0. The average molecular weight is 326 g/mol. The number of benzene rings is 1. The summed E-state index contributed by atoms with van der Waals surface area (Å²) in [6.07, 6.45) is 2.52. The van der Waals surface area contributed by atoms with Crippen LogP contribution in [0.5, 0.6) is 0 Å². The largest absolute Gasteiger partial charge is 0.339 e. The van der Waals surface area contributed by atoms with Crippen molar-refractivity contribution in [1.82, 2.24) is 19.4 Å². The maximum Gasteiger partial charge on any atom is 0.228 e. The highest BCUT2D eigenvalue weighted by atomic mass is 16.2. The van der Waals surface area contributed by atoms with Crippen LogP contribution in [0.4, 0.5) is 0 Å². The molecule has 0 spiro atoms. The number of hydrogen-bond acceptors (Lipinski definition) is 3. The Morgan fingerprint density at radius 2 is 2.08 bits per heavy atom. The van der Waals surface area contributed by atoms with E-state index in [-0.39, 0.29) is 17.7 Å². The van der Waals surface area contributed by atoms with Gasteiger partial charge < -0.3 is 14.4 Å². The van der Waals surface area contributed by atoms with Crippen LogP contribution in [0.3, 0.4) is 0 Å². The summed E-state index contributed by atoms with van der Waals surface area (Å²) in [5.74, 6) is 0.818. The molecule has 1 aliphatic carbocycles. The van der Waals surface area contributed by atoms with Crippen LogP contribution in [0.15, 0.2) is 24.3 Å². The molecule has 0 radical (unpaired) electrons. The molecule has 1 aromatic carbocycles. The fourth-order valence-electron chi connectivity index (χ4n) is 3.57.